The minimum Gasteiger partial charge on any atom is -0.382 e. The smallest absolute Gasteiger partial charge is 0.271 e. The van der Waals surface area contributed by atoms with E-state index in [4.69, 9.17) is 0 Å². The van der Waals surface area contributed by atoms with Gasteiger partial charge in [0.15, 0.2) is 0 Å². The fourth-order valence-electron chi connectivity index (χ4n) is 2.79. The van der Waals surface area contributed by atoms with Crippen molar-refractivity contribution in [3.8, 4) is 0 Å². The maximum absolute atomic E-state index is 10.9. The Kier molecular flexibility index (Phi) is 4.40. The number of rotatable bonds is 3. The molecule has 2 unspecified atom stereocenters. The van der Waals surface area contributed by atoms with Crippen LogP contribution in [0.5, 0.6) is 0 Å². The number of nitrogens with one attached hydrogen (secondary N) is 1. The fourth-order valence-corrected chi connectivity index (χ4v) is 2.79. The second-order valence-electron chi connectivity index (χ2n) is 5.62. The molecule has 4 heteroatoms. The molecule has 1 aromatic carbocycles. The van der Waals surface area contributed by atoms with Crippen molar-refractivity contribution in [2.45, 2.75) is 52.0 Å². The van der Waals surface area contributed by atoms with Gasteiger partial charge in [0.2, 0.25) is 0 Å². The summed E-state index contributed by atoms with van der Waals surface area (Å²) in [7, 11) is 0. The molecular formula is C15H22N2O2. The van der Waals surface area contributed by atoms with Gasteiger partial charge in [0.05, 0.1) is 4.92 Å². The third kappa shape index (κ3) is 3.46. The van der Waals surface area contributed by atoms with Crippen LogP contribution >= 0.6 is 0 Å². The molecule has 1 N–H and O–H groups in total. The molecule has 19 heavy (non-hydrogen) atoms. The summed E-state index contributed by atoms with van der Waals surface area (Å²) in [4.78, 5) is 10.5. The summed E-state index contributed by atoms with van der Waals surface area (Å²) in [6, 6.07) is 5.48. The van der Waals surface area contributed by atoms with Crippen molar-refractivity contribution in [3.05, 3.63) is 33.9 Å². The average molecular weight is 262 g/mol. The molecule has 0 saturated heterocycles. The number of hydrogen-bond donors (Lipinski definition) is 1. The lowest BCUT2D eigenvalue weighted by atomic mass is 9.96. The first kappa shape index (κ1) is 13.8. The Labute approximate surface area is 114 Å². The highest BCUT2D eigenvalue weighted by Gasteiger charge is 2.20. The molecular weight excluding hydrogens is 240 g/mol. The van der Waals surface area contributed by atoms with E-state index in [1.807, 2.05) is 13.0 Å². The zero-order valence-corrected chi connectivity index (χ0v) is 11.7. The minimum atomic E-state index is -0.332. The molecule has 1 aliphatic carbocycles. The van der Waals surface area contributed by atoms with Gasteiger partial charge >= 0.3 is 0 Å². The maximum Gasteiger partial charge on any atom is 0.271 e. The third-order valence-corrected chi connectivity index (χ3v) is 4.13. The number of benzene rings is 1. The number of nitro benzene ring substituents is 1. The molecule has 2 rings (SSSR count). The molecule has 0 heterocycles. The lowest BCUT2D eigenvalue weighted by Crippen LogP contribution is -2.26. The molecule has 0 bridgehead atoms. The lowest BCUT2D eigenvalue weighted by molar-refractivity contribution is -0.384. The first-order valence-corrected chi connectivity index (χ1v) is 7.09. The van der Waals surface area contributed by atoms with Crippen LogP contribution in [0.25, 0.3) is 0 Å². The number of hydrogen-bond acceptors (Lipinski definition) is 3. The van der Waals surface area contributed by atoms with Crippen LogP contribution in [0.1, 0.15) is 44.6 Å². The lowest BCUT2D eigenvalue weighted by Gasteiger charge is -2.24. The second kappa shape index (κ2) is 6.04. The maximum atomic E-state index is 10.9. The van der Waals surface area contributed by atoms with Crippen LogP contribution in [0.3, 0.4) is 0 Å². The van der Waals surface area contributed by atoms with E-state index in [0.29, 0.717) is 12.0 Å². The standard InChI is InChI=1S/C15H22N2O2/c1-11-6-4-3-5-7-14(11)16-15-10-13(17(18)19)9-8-12(15)2/h8-11,14,16H,3-7H2,1-2H3. The summed E-state index contributed by atoms with van der Waals surface area (Å²) in [6.45, 7) is 4.27. The number of nitro groups is 1. The molecule has 2 atom stereocenters. The predicted octanol–water partition coefficient (Wildman–Crippen LogP) is 4.28. The molecule has 0 aromatic heterocycles. The molecule has 4 nitrogen and oxygen atoms in total. The van der Waals surface area contributed by atoms with E-state index in [1.165, 1.54) is 25.7 Å². The highest BCUT2D eigenvalue weighted by molar-refractivity contribution is 5.57. The summed E-state index contributed by atoms with van der Waals surface area (Å²) in [5.74, 6) is 0.626. The molecule has 1 aromatic rings. The van der Waals surface area contributed by atoms with Gasteiger partial charge in [0.1, 0.15) is 0 Å². The summed E-state index contributed by atoms with van der Waals surface area (Å²) >= 11 is 0. The Morgan fingerprint density at radius 2 is 2.00 bits per heavy atom. The topological polar surface area (TPSA) is 55.2 Å². The number of non-ortho nitro benzene ring substituents is 1. The molecule has 1 aliphatic rings. The van der Waals surface area contributed by atoms with E-state index >= 15 is 0 Å². The van der Waals surface area contributed by atoms with Crippen LogP contribution in [-0.4, -0.2) is 11.0 Å². The van der Waals surface area contributed by atoms with Crippen molar-refractivity contribution in [2.75, 3.05) is 5.32 Å². The van der Waals surface area contributed by atoms with Gasteiger partial charge in [0.25, 0.3) is 5.69 Å². The Morgan fingerprint density at radius 1 is 1.26 bits per heavy atom. The highest BCUT2D eigenvalue weighted by atomic mass is 16.6. The van der Waals surface area contributed by atoms with Crippen molar-refractivity contribution in [2.24, 2.45) is 5.92 Å². The van der Waals surface area contributed by atoms with E-state index in [9.17, 15) is 10.1 Å². The zero-order chi connectivity index (χ0) is 13.8. The van der Waals surface area contributed by atoms with Gasteiger partial charge in [-0.3, -0.25) is 10.1 Å². The van der Waals surface area contributed by atoms with Gasteiger partial charge in [-0.2, -0.15) is 0 Å². The molecule has 1 fully saturated rings. The van der Waals surface area contributed by atoms with Gasteiger partial charge in [-0.25, -0.2) is 0 Å². The molecule has 0 amide bonds. The Hall–Kier alpha value is -1.58. The van der Waals surface area contributed by atoms with Crippen LogP contribution in [-0.2, 0) is 0 Å². The van der Waals surface area contributed by atoms with Gasteiger partial charge in [0, 0.05) is 23.9 Å². The van der Waals surface area contributed by atoms with E-state index in [1.54, 1.807) is 12.1 Å². The van der Waals surface area contributed by atoms with E-state index < -0.39 is 0 Å². The van der Waals surface area contributed by atoms with Crippen LogP contribution in [0.2, 0.25) is 0 Å². The summed E-state index contributed by atoms with van der Waals surface area (Å²) in [5, 5.41) is 14.4. The predicted molar refractivity (Wildman–Crippen MR) is 77.5 cm³/mol. The third-order valence-electron chi connectivity index (χ3n) is 4.13. The molecule has 1 saturated carbocycles. The van der Waals surface area contributed by atoms with Crippen molar-refractivity contribution in [1.29, 1.82) is 0 Å². The number of nitrogens with zero attached hydrogens (tertiary/aromatic N) is 1. The van der Waals surface area contributed by atoms with E-state index in [2.05, 4.69) is 12.2 Å². The second-order valence-corrected chi connectivity index (χ2v) is 5.62. The first-order valence-electron chi connectivity index (χ1n) is 7.09. The minimum absolute atomic E-state index is 0.161. The largest absolute Gasteiger partial charge is 0.382 e. The number of aryl methyl sites for hydroxylation is 1. The van der Waals surface area contributed by atoms with Gasteiger partial charge in [-0.1, -0.05) is 32.3 Å². The molecule has 104 valence electrons. The SMILES string of the molecule is Cc1ccc([N+](=O)[O-])cc1NC1CCCCCC1C. The van der Waals surface area contributed by atoms with Crippen molar-refractivity contribution < 1.29 is 4.92 Å². The normalized spacial score (nSPS) is 23.7. The zero-order valence-electron chi connectivity index (χ0n) is 11.7. The van der Waals surface area contributed by atoms with Gasteiger partial charge < -0.3 is 5.32 Å². The average Bonchev–Trinajstić information content (AvgIpc) is 2.57. The quantitative estimate of drug-likeness (QED) is 0.502. The van der Waals surface area contributed by atoms with Crippen LogP contribution in [0.4, 0.5) is 11.4 Å². The van der Waals surface area contributed by atoms with Crippen molar-refractivity contribution >= 4 is 11.4 Å². The Bertz CT molecular complexity index is 459. The molecule has 0 spiro atoms. The summed E-state index contributed by atoms with van der Waals surface area (Å²) in [5.41, 5.74) is 2.14. The van der Waals surface area contributed by atoms with Crippen LogP contribution in [0, 0.1) is 23.0 Å². The van der Waals surface area contributed by atoms with Crippen LogP contribution in [0.15, 0.2) is 18.2 Å². The Balaban J connectivity index is 2.16. The van der Waals surface area contributed by atoms with Gasteiger partial charge in [-0.05, 0) is 31.2 Å². The molecule has 0 aliphatic heterocycles. The summed E-state index contributed by atoms with van der Waals surface area (Å²) in [6.07, 6.45) is 6.24. The van der Waals surface area contributed by atoms with Crippen molar-refractivity contribution in [1.82, 2.24) is 0 Å². The summed E-state index contributed by atoms with van der Waals surface area (Å²) < 4.78 is 0. The monoisotopic (exact) mass is 262 g/mol. The molecule has 0 radical (unpaired) electrons. The van der Waals surface area contributed by atoms with Crippen molar-refractivity contribution in [3.63, 3.8) is 0 Å². The van der Waals surface area contributed by atoms with Gasteiger partial charge in [-0.15, -0.1) is 0 Å². The first-order chi connectivity index (χ1) is 9.08. The van der Waals surface area contributed by atoms with Crippen LogP contribution < -0.4 is 5.32 Å². The fraction of sp³-hybridized carbons (Fsp3) is 0.600. The van der Waals surface area contributed by atoms with E-state index in [-0.39, 0.29) is 10.6 Å². The Morgan fingerprint density at radius 3 is 2.74 bits per heavy atom. The number of anilines is 1. The highest BCUT2D eigenvalue weighted by Crippen LogP contribution is 2.29. The van der Waals surface area contributed by atoms with E-state index in [0.717, 1.165) is 17.7 Å².